The van der Waals surface area contributed by atoms with Crippen molar-refractivity contribution in [1.82, 2.24) is 15.2 Å². The Labute approximate surface area is 111 Å². The Bertz CT molecular complexity index is 378. The maximum absolute atomic E-state index is 4.58. The Morgan fingerprint density at radius 2 is 2.28 bits per heavy atom. The number of hydrogen-bond donors (Lipinski definition) is 1. The van der Waals surface area contributed by atoms with Crippen molar-refractivity contribution in [1.29, 1.82) is 0 Å². The van der Waals surface area contributed by atoms with Gasteiger partial charge in [0.2, 0.25) is 0 Å². The molecule has 1 aliphatic heterocycles. The number of aromatic nitrogens is 1. The van der Waals surface area contributed by atoms with Crippen LogP contribution < -0.4 is 5.32 Å². The lowest BCUT2D eigenvalue weighted by Crippen LogP contribution is -2.54. The van der Waals surface area contributed by atoms with Gasteiger partial charge in [0.25, 0.3) is 0 Å². The van der Waals surface area contributed by atoms with Crippen molar-refractivity contribution in [3.63, 3.8) is 0 Å². The number of hydrogen-bond acceptors (Lipinski definition) is 3. The van der Waals surface area contributed by atoms with Gasteiger partial charge in [0, 0.05) is 37.9 Å². The van der Waals surface area contributed by atoms with Crippen LogP contribution in [-0.2, 0) is 13.0 Å². The van der Waals surface area contributed by atoms with E-state index in [0.717, 1.165) is 26.1 Å². The Hall–Kier alpha value is -0.930. The van der Waals surface area contributed by atoms with Gasteiger partial charge in [-0.15, -0.1) is 0 Å². The number of aryl methyl sites for hydroxylation is 1. The number of nitrogens with zero attached hydrogens (tertiary/aromatic N) is 2. The van der Waals surface area contributed by atoms with Crippen molar-refractivity contribution in [2.75, 3.05) is 13.1 Å². The summed E-state index contributed by atoms with van der Waals surface area (Å²) >= 11 is 0. The van der Waals surface area contributed by atoms with Gasteiger partial charge in [-0.1, -0.05) is 19.9 Å². The molecule has 1 saturated heterocycles. The Morgan fingerprint density at radius 1 is 1.44 bits per heavy atom. The molecule has 2 atom stereocenters. The van der Waals surface area contributed by atoms with Crippen molar-refractivity contribution < 1.29 is 0 Å². The summed E-state index contributed by atoms with van der Waals surface area (Å²) in [4.78, 5) is 7.16. The van der Waals surface area contributed by atoms with Gasteiger partial charge in [-0.3, -0.25) is 9.88 Å². The Balaban J connectivity index is 2.10. The number of pyridine rings is 1. The van der Waals surface area contributed by atoms with E-state index in [-0.39, 0.29) is 0 Å². The first-order valence-electron chi connectivity index (χ1n) is 7.14. The van der Waals surface area contributed by atoms with E-state index in [4.69, 9.17) is 0 Å². The molecule has 0 aliphatic carbocycles. The second-order valence-corrected chi connectivity index (χ2v) is 5.26. The van der Waals surface area contributed by atoms with Crippen LogP contribution in [0.15, 0.2) is 18.3 Å². The zero-order valence-corrected chi connectivity index (χ0v) is 11.8. The monoisotopic (exact) mass is 247 g/mol. The van der Waals surface area contributed by atoms with E-state index in [1.807, 2.05) is 12.3 Å². The summed E-state index contributed by atoms with van der Waals surface area (Å²) in [6, 6.07) is 5.48. The molecule has 1 N–H and O–H groups in total. The van der Waals surface area contributed by atoms with Crippen LogP contribution in [0.5, 0.6) is 0 Å². The van der Waals surface area contributed by atoms with E-state index in [0.29, 0.717) is 12.1 Å². The fraction of sp³-hybridized carbons (Fsp3) is 0.667. The van der Waals surface area contributed by atoms with Crippen molar-refractivity contribution in [3.05, 3.63) is 29.6 Å². The molecule has 0 bridgehead atoms. The number of rotatable bonds is 4. The maximum Gasteiger partial charge on any atom is 0.0575 e. The fourth-order valence-electron chi connectivity index (χ4n) is 2.76. The third-order valence-corrected chi connectivity index (χ3v) is 3.92. The van der Waals surface area contributed by atoms with Gasteiger partial charge in [0.05, 0.1) is 5.69 Å². The smallest absolute Gasteiger partial charge is 0.0575 e. The SMILES string of the molecule is CCc1cccnc1CN1CC(C)NCC1CC. The molecule has 0 amide bonds. The van der Waals surface area contributed by atoms with Crippen LogP contribution in [0.2, 0.25) is 0 Å². The molecule has 0 spiro atoms. The molecule has 1 fully saturated rings. The molecule has 3 heteroatoms. The van der Waals surface area contributed by atoms with Gasteiger partial charge >= 0.3 is 0 Å². The van der Waals surface area contributed by atoms with Crippen molar-refractivity contribution >= 4 is 0 Å². The van der Waals surface area contributed by atoms with Gasteiger partial charge in [-0.25, -0.2) is 0 Å². The zero-order chi connectivity index (χ0) is 13.0. The lowest BCUT2D eigenvalue weighted by atomic mass is 10.1. The Kier molecular flexibility index (Phi) is 4.72. The molecular formula is C15H25N3. The van der Waals surface area contributed by atoms with Crippen LogP contribution in [0.3, 0.4) is 0 Å². The predicted octanol–water partition coefficient (Wildman–Crippen LogP) is 2.22. The highest BCUT2D eigenvalue weighted by Crippen LogP contribution is 2.16. The summed E-state index contributed by atoms with van der Waals surface area (Å²) in [7, 11) is 0. The fourth-order valence-corrected chi connectivity index (χ4v) is 2.76. The van der Waals surface area contributed by atoms with E-state index in [2.05, 4.69) is 42.0 Å². The summed E-state index contributed by atoms with van der Waals surface area (Å²) < 4.78 is 0. The topological polar surface area (TPSA) is 28.2 Å². The van der Waals surface area contributed by atoms with Crippen LogP contribution in [0, 0.1) is 0 Å². The summed E-state index contributed by atoms with van der Waals surface area (Å²) in [6.45, 7) is 9.96. The molecular weight excluding hydrogens is 222 g/mol. The van der Waals surface area contributed by atoms with Crippen molar-refractivity contribution in [2.24, 2.45) is 0 Å². The van der Waals surface area contributed by atoms with Gasteiger partial charge < -0.3 is 5.32 Å². The van der Waals surface area contributed by atoms with E-state index in [1.54, 1.807) is 0 Å². The minimum atomic E-state index is 0.585. The highest BCUT2D eigenvalue weighted by atomic mass is 15.2. The van der Waals surface area contributed by atoms with Crippen LogP contribution in [0.25, 0.3) is 0 Å². The first-order chi connectivity index (χ1) is 8.74. The molecule has 2 rings (SSSR count). The first-order valence-corrected chi connectivity index (χ1v) is 7.14. The largest absolute Gasteiger partial charge is 0.311 e. The average molecular weight is 247 g/mol. The van der Waals surface area contributed by atoms with Crippen molar-refractivity contribution in [3.8, 4) is 0 Å². The molecule has 0 saturated carbocycles. The third kappa shape index (κ3) is 3.09. The van der Waals surface area contributed by atoms with Crippen LogP contribution in [0.1, 0.15) is 38.4 Å². The first kappa shape index (κ1) is 13.5. The molecule has 2 heterocycles. The molecule has 1 aliphatic rings. The minimum absolute atomic E-state index is 0.585. The molecule has 1 aromatic rings. The number of piperazine rings is 1. The van der Waals surface area contributed by atoms with E-state index in [1.165, 1.54) is 17.7 Å². The molecule has 18 heavy (non-hydrogen) atoms. The van der Waals surface area contributed by atoms with E-state index in [9.17, 15) is 0 Å². The molecule has 0 aromatic carbocycles. The molecule has 100 valence electrons. The quantitative estimate of drug-likeness (QED) is 0.884. The van der Waals surface area contributed by atoms with E-state index >= 15 is 0 Å². The van der Waals surface area contributed by atoms with Gasteiger partial charge in [-0.05, 0) is 31.4 Å². The summed E-state index contributed by atoms with van der Waals surface area (Å²) in [5, 5.41) is 3.57. The second-order valence-electron chi connectivity index (χ2n) is 5.26. The van der Waals surface area contributed by atoms with E-state index < -0.39 is 0 Å². The molecule has 3 nitrogen and oxygen atoms in total. The highest BCUT2D eigenvalue weighted by molar-refractivity contribution is 5.19. The van der Waals surface area contributed by atoms with Gasteiger partial charge in [0.15, 0.2) is 0 Å². The number of nitrogens with one attached hydrogen (secondary N) is 1. The summed E-state index contributed by atoms with van der Waals surface area (Å²) in [5.41, 5.74) is 2.64. The standard InChI is InChI=1S/C15H25N3/c1-4-13-7-6-8-16-15(13)11-18-10-12(3)17-9-14(18)5-2/h6-8,12,14,17H,4-5,9-11H2,1-3H3. The van der Waals surface area contributed by atoms with Crippen LogP contribution in [-0.4, -0.2) is 35.1 Å². The van der Waals surface area contributed by atoms with Gasteiger partial charge in [-0.2, -0.15) is 0 Å². The lowest BCUT2D eigenvalue weighted by Gasteiger charge is -2.39. The average Bonchev–Trinajstić information content (AvgIpc) is 2.40. The molecule has 0 radical (unpaired) electrons. The lowest BCUT2D eigenvalue weighted by molar-refractivity contribution is 0.122. The van der Waals surface area contributed by atoms with Crippen LogP contribution >= 0.6 is 0 Å². The molecule has 2 unspecified atom stereocenters. The summed E-state index contributed by atoms with van der Waals surface area (Å²) in [5.74, 6) is 0. The Morgan fingerprint density at radius 3 is 3.00 bits per heavy atom. The van der Waals surface area contributed by atoms with Crippen LogP contribution in [0.4, 0.5) is 0 Å². The van der Waals surface area contributed by atoms with Crippen molar-refractivity contribution in [2.45, 2.75) is 52.2 Å². The minimum Gasteiger partial charge on any atom is -0.311 e. The maximum atomic E-state index is 4.58. The highest BCUT2D eigenvalue weighted by Gasteiger charge is 2.25. The van der Waals surface area contributed by atoms with Gasteiger partial charge in [0.1, 0.15) is 0 Å². The zero-order valence-electron chi connectivity index (χ0n) is 11.8. The summed E-state index contributed by atoms with van der Waals surface area (Å²) in [6.07, 6.45) is 4.19. The third-order valence-electron chi connectivity index (χ3n) is 3.92. The predicted molar refractivity (Wildman–Crippen MR) is 75.6 cm³/mol. The second kappa shape index (κ2) is 6.30. The molecule has 1 aromatic heterocycles. The normalized spacial score (nSPS) is 25.3.